The van der Waals surface area contributed by atoms with Gasteiger partial charge in [0.05, 0.1) is 72.9 Å². The Morgan fingerprint density at radius 2 is 0.943 bits per heavy atom. The molecule has 0 saturated heterocycles. The Morgan fingerprint density at radius 3 is 1.45 bits per heavy atom. The average molecular weight is 1210 g/mol. The first-order chi connectivity index (χ1) is 42.7. The molecule has 5 aromatic rings. The molecule has 0 heterocycles. The Labute approximate surface area is 515 Å². The fourth-order valence-electron chi connectivity index (χ4n) is 9.11. The second kappa shape index (κ2) is 39.6. The zero-order chi connectivity index (χ0) is 63.3. The molecular weight excluding hydrogens is 1130 g/mol. The standard InChI is InChI=1S/C69H84N2O17/c1-5-8-9-20-26-50(4)86-63-49-61(70)59(48-62(63)71(78)79)51-27-29-52(30-28-51)66(74)84-45-25-46-85-68(76)60-47-53(67(75)87-56-36-32-54(33-37-56)80-41-21-16-12-10-14-18-23-43-82-64(72)6-2)31-40-58(60)69(77)88-57-38-34-55(35-39-57)81-42-22-17-13-11-15-19-24-44-83-65(73)7-3/h6-7,27-40,47-50H,2-3,5,8-26,41-46,70H2,1,4H3/t50-/m0/s1. The van der Waals surface area contributed by atoms with E-state index in [1.807, 2.05) is 6.92 Å². The lowest BCUT2D eigenvalue weighted by molar-refractivity contribution is -0.386. The van der Waals surface area contributed by atoms with Gasteiger partial charge in [-0.15, -0.1) is 0 Å². The molecule has 0 unspecified atom stereocenters. The summed E-state index contributed by atoms with van der Waals surface area (Å²) in [6.45, 7) is 12.2. The maximum absolute atomic E-state index is 13.8. The molecule has 0 aromatic heterocycles. The molecule has 5 aromatic carbocycles. The summed E-state index contributed by atoms with van der Waals surface area (Å²) < 4.78 is 50.1. The van der Waals surface area contributed by atoms with Gasteiger partial charge in [-0.3, -0.25) is 10.1 Å². The molecule has 1 atom stereocenters. The largest absolute Gasteiger partial charge is 0.494 e. The van der Waals surface area contributed by atoms with Crippen LogP contribution in [0, 0.1) is 10.1 Å². The number of benzene rings is 5. The first-order valence-corrected chi connectivity index (χ1v) is 30.5. The number of anilines is 1. The lowest BCUT2D eigenvalue weighted by atomic mass is 10.0. The van der Waals surface area contributed by atoms with E-state index in [1.54, 1.807) is 60.7 Å². The molecule has 0 fully saturated rings. The van der Waals surface area contributed by atoms with Crippen molar-refractivity contribution < 1.29 is 76.3 Å². The van der Waals surface area contributed by atoms with Crippen molar-refractivity contribution >= 4 is 47.2 Å². The molecule has 472 valence electrons. The lowest BCUT2D eigenvalue weighted by Crippen LogP contribution is -2.19. The molecule has 0 amide bonds. The fourth-order valence-corrected chi connectivity index (χ4v) is 9.11. The monoisotopic (exact) mass is 1210 g/mol. The van der Waals surface area contributed by atoms with Crippen LogP contribution in [-0.2, 0) is 28.5 Å². The molecule has 0 aliphatic rings. The predicted molar refractivity (Wildman–Crippen MR) is 334 cm³/mol. The summed E-state index contributed by atoms with van der Waals surface area (Å²) in [5.41, 5.74) is 7.00. The third-order valence-electron chi connectivity index (χ3n) is 14.0. The number of hydrogen-bond acceptors (Lipinski definition) is 18. The Hall–Kier alpha value is -9.00. The van der Waals surface area contributed by atoms with Crippen LogP contribution in [0.1, 0.15) is 184 Å². The molecule has 2 N–H and O–H groups in total. The van der Waals surface area contributed by atoms with Crippen LogP contribution in [0.3, 0.4) is 0 Å². The number of esters is 6. The minimum Gasteiger partial charge on any atom is -0.494 e. The number of nitrogens with zero attached hydrogens (tertiary/aromatic N) is 1. The Bertz CT molecular complexity index is 3030. The van der Waals surface area contributed by atoms with Gasteiger partial charge in [-0.1, -0.05) is 116 Å². The van der Waals surface area contributed by atoms with Crippen LogP contribution in [0.5, 0.6) is 28.7 Å². The highest BCUT2D eigenvalue weighted by Crippen LogP contribution is 2.38. The van der Waals surface area contributed by atoms with Crippen LogP contribution in [0.4, 0.5) is 11.4 Å². The van der Waals surface area contributed by atoms with E-state index in [9.17, 15) is 38.9 Å². The summed E-state index contributed by atoms with van der Waals surface area (Å²) in [6, 6.07) is 25.8. The van der Waals surface area contributed by atoms with Crippen LogP contribution in [0.15, 0.2) is 128 Å². The summed E-state index contributed by atoms with van der Waals surface area (Å²) >= 11 is 0. The van der Waals surface area contributed by atoms with E-state index in [1.165, 1.54) is 42.5 Å². The van der Waals surface area contributed by atoms with E-state index in [-0.39, 0.29) is 76.6 Å². The van der Waals surface area contributed by atoms with Crippen molar-refractivity contribution in [2.75, 3.05) is 45.4 Å². The normalized spacial score (nSPS) is 11.1. The van der Waals surface area contributed by atoms with Gasteiger partial charge in [-0.2, -0.15) is 0 Å². The van der Waals surface area contributed by atoms with E-state index in [0.29, 0.717) is 49.1 Å². The average Bonchev–Trinajstić information content (AvgIpc) is 3.54. The van der Waals surface area contributed by atoms with Gasteiger partial charge in [-0.05, 0) is 130 Å². The summed E-state index contributed by atoms with van der Waals surface area (Å²) in [7, 11) is 0. The van der Waals surface area contributed by atoms with Crippen molar-refractivity contribution in [1.29, 1.82) is 0 Å². The number of nitrogens with two attached hydrogens (primary N) is 1. The summed E-state index contributed by atoms with van der Waals surface area (Å²) in [4.78, 5) is 88.1. The van der Waals surface area contributed by atoms with E-state index in [4.69, 9.17) is 48.4 Å². The molecule has 19 heteroatoms. The quantitative estimate of drug-likeness (QED) is 0.00556. The van der Waals surface area contributed by atoms with Gasteiger partial charge in [-0.25, -0.2) is 28.8 Å². The van der Waals surface area contributed by atoms with Gasteiger partial charge < -0.3 is 48.4 Å². The molecular formula is C69H84N2O17. The highest BCUT2D eigenvalue weighted by atomic mass is 16.6. The second-order valence-corrected chi connectivity index (χ2v) is 21.0. The van der Waals surface area contributed by atoms with Gasteiger partial charge in [0.1, 0.15) is 23.0 Å². The summed E-state index contributed by atoms with van der Waals surface area (Å²) in [5.74, 6) is -2.53. The number of rotatable bonds is 43. The van der Waals surface area contributed by atoms with Crippen molar-refractivity contribution in [1.82, 2.24) is 0 Å². The van der Waals surface area contributed by atoms with Crippen LogP contribution < -0.4 is 29.4 Å². The minimum absolute atomic E-state index is 0.0600. The minimum atomic E-state index is -0.958. The maximum Gasteiger partial charge on any atom is 0.344 e. The second-order valence-electron chi connectivity index (χ2n) is 21.0. The van der Waals surface area contributed by atoms with Gasteiger partial charge in [0.15, 0.2) is 5.75 Å². The number of hydrogen-bond donors (Lipinski definition) is 1. The lowest BCUT2D eigenvalue weighted by Gasteiger charge is -2.16. The van der Waals surface area contributed by atoms with E-state index in [0.717, 1.165) is 134 Å². The molecule has 0 saturated carbocycles. The zero-order valence-electron chi connectivity index (χ0n) is 50.8. The predicted octanol–water partition coefficient (Wildman–Crippen LogP) is 15.1. The number of nitro benzene ring substituents is 1. The van der Waals surface area contributed by atoms with Crippen molar-refractivity contribution in [2.24, 2.45) is 0 Å². The SMILES string of the molecule is C=CC(=O)OCCCCCCCCCOc1ccc(OC(=O)c2ccc(C(=O)Oc3ccc(OCCCCCCCCCOC(=O)C=C)cc3)c(C(=O)OCCCOC(=O)c3ccc(-c4cc([N+](=O)[O-])c(O[C@@H](C)CCCCCC)cc4N)cc3)c2)cc1. The van der Waals surface area contributed by atoms with E-state index < -0.39 is 40.7 Å². The highest BCUT2D eigenvalue weighted by Gasteiger charge is 2.25. The Morgan fingerprint density at radius 1 is 0.489 bits per heavy atom. The highest BCUT2D eigenvalue weighted by molar-refractivity contribution is 6.06. The first kappa shape index (κ1) is 69.8. The van der Waals surface area contributed by atoms with Crippen LogP contribution in [-0.4, -0.2) is 86.5 Å². The summed E-state index contributed by atoms with van der Waals surface area (Å²) in [5, 5.41) is 12.1. The number of carbonyl (C=O) groups excluding carboxylic acids is 6. The molecule has 19 nitrogen and oxygen atoms in total. The molecule has 0 bridgehead atoms. The number of carbonyl (C=O) groups is 6. The first-order valence-electron chi connectivity index (χ1n) is 30.5. The van der Waals surface area contributed by atoms with Crippen molar-refractivity contribution in [3.63, 3.8) is 0 Å². The molecule has 5 rings (SSSR count). The molecule has 88 heavy (non-hydrogen) atoms. The number of nitro groups is 1. The molecule has 0 spiro atoms. The smallest absolute Gasteiger partial charge is 0.344 e. The van der Waals surface area contributed by atoms with Gasteiger partial charge >= 0.3 is 41.5 Å². The number of unbranched alkanes of at least 4 members (excludes halogenated alkanes) is 15. The third-order valence-corrected chi connectivity index (χ3v) is 14.0. The fraction of sp³-hybridized carbons (Fsp3) is 0.420. The Kier molecular flexibility index (Phi) is 31.4. The third kappa shape index (κ3) is 25.5. The van der Waals surface area contributed by atoms with E-state index in [2.05, 4.69) is 20.1 Å². The molecule has 0 aliphatic heterocycles. The van der Waals surface area contributed by atoms with Crippen molar-refractivity contribution in [2.45, 2.75) is 148 Å². The molecule has 0 aliphatic carbocycles. The van der Waals surface area contributed by atoms with Gasteiger partial charge in [0.25, 0.3) is 0 Å². The number of nitrogen functional groups attached to an aromatic ring is 1. The van der Waals surface area contributed by atoms with Crippen LogP contribution in [0.2, 0.25) is 0 Å². The van der Waals surface area contributed by atoms with Crippen molar-refractivity contribution in [3.8, 4) is 39.9 Å². The maximum atomic E-state index is 13.8. The van der Waals surface area contributed by atoms with E-state index >= 15 is 0 Å². The van der Waals surface area contributed by atoms with Gasteiger partial charge in [0.2, 0.25) is 0 Å². The van der Waals surface area contributed by atoms with Gasteiger partial charge in [0, 0.05) is 42.0 Å². The topological polar surface area (TPSA) is 255 Å². The zero-order valence-corrected chi connectivity index (χ0v) is 50.8. The van der Waals surface area contributed by atoms with Crippen LogP contribution in [0.25, 0.3) is 11.1 Å². The Balaban J connectivity index is 1.14. The van der Waals surface area contributed by atoms with Crippen molar-refractivity contribution in [3.05, 3.63) is 161 Å². The van der Waals surface area contributed by atoms with Crippen LogP contribution >= 0.6 is 0 Å². The number of ether oxygens (including phenoxy) is 9. The molecule has 0 radical (unpaired) electrons. The summed E-state index contributed by atoms with van der Waals surface area (Å²) in [6.07, 6.45) is 20.7.